The van der Waals surface area contributed by atoms with Crippen LogP contribution >= 0.6 is 0 Å². The third-order valence-corrected chi connectivity index (χ3v) is 6.60. The van der Waals surface area contributed by atoms with Crippen molar-refractivity contribution in [3.63, 3.8) is 0 Å². The van der Waals surface area contributed by atoms with Crippen molar-refractivity contribution in [3.05, 3.63) is 79.0 Å². The van der Waals surface area contributed by atoms with Gasteiger partial charge in [-0.3, -0.25) is 15.1 Å². The largest absolute Gasteiger partial charge is 0.497 e. The summed E-state index contributed by atoms with van der Waals surface area (Å²) in [5, 5.41) is 9.55. The maximum absolute atomic E-state index is 14.3. The Morgan fingerprint density at radius 1 is 0.897 bits per heavy atom. The average Bonchev–Trinajstić information content (AvgIpc) is 3.56. The van der Waals surface area contributed by atoms with Crippen molar-refractivity contribution in [2.24, 2.45) is 0 Å². The van der Waals surface area contributed by atoms with Crippen LogP contribution in [0, 0.1) is 5.82 Å². The molecule has 6 rings (SSSR count). The summed E-state index contributed by atoms with van der Waals surface area (Å²) in [4.78, 5) is 14.5. The molecule has 6 aromatic rings. The van der Waals surface area contributed by atoms with Crippen molar-refractivity contribution in [2.45, 2.75) is 0 Å². The van der Waals surface area contributed by atoms with Gasteiger partial charge in [0.1, 0.15) is 29.6 Å². The molecule has 0 radical (unpaired) electrons. The Kier molecular flexibility index (Phi) is 6.42. The van der Waals surface area contributed by atoms with Crippen molar-refractivity contribution >= 4 is 21.8 Å². The number of methoxy groups -OCH3 is 1. The summed E-state index contributed by atoms with van der Waals surface area (Å²) in [6.07, 6.45) is 5.25. The van der Waals surface area contributed by atoms with Gasteiger partial charge in [-0.05, 0) is 61.6 Å². The molecular weight excluding hydrogens is 495 g/mol. The standard InChI is InChI=1S/C30H27FN6O2/c1-37(2)7-8-39-22-11-19(15-32-16-22)27-14-25-29(17-33-27)35-36-30(25)28-13-24-23(5-4-6-26(24)34-28)18-9-20(31)12-21(10-18)38-3/h4-6,9-17,34H,7-8H2,1-3H3,(H,35,36). The van der Waals surface area contributed by atoms with Crippen molar-refractivity contribution in [2.75, 3.05) is 34.4 Å². The fraction of sp³-hybridized carbons (Fsp3) is 0.167. The molecule has 0 saturated heterocycles. The topological polar surface area (TPSA) is 92.0 Å². The molecule has 0 amide bonds. The predicted octanol–water partition coefficient (Wildman–Crippen LogP) is 5.92. The lowest BCUT2D eigenvalue weighted by Crippen LogP contribution is -2.19. The molecule has 0 saturated carbocycles. The third-order valence-electron chi connectivity index (χ3n) is 6.60. The molecule has 0 bridgehead atoms. The molecule has 0 aliphatic carbocycles. The highest BCUT2D eigenvalue weighted by Gasteiger charge is 2.16. The van der Waals surface area contributed by atoms with Crippen LogP contribution in [0.4, 0.5) is 4.39 Å². The van der Waals surface area contributed by atoms with E-state index in [2.05, 4.69) is 30.0 Å². The van der Waals surface area contributed by atoms with Crippen LogP contribution < -0.4 is 9.47 Å². The first kappa shape index (κ1) is 24.6. The van der Waals surface area contributed by atoms with Crippen LogP contribution in [0.2, 0.25) is 0 Å². The Morgan fingerprint density at radius 2 is 1.77 bits per heavy atom. The van der Waals surface area contributed by atoms with E-state index in [1.165, 1.54) is 19.2 Å². The van der Waals surface area contributed by atoms with Crippen molar-refractivity contribution in [1.29, 1.82) is 0 Å². The number of pyridine rings is 2. The summed E-state index contributed by atoms with van der Waals surface area (Å²) in [5.41, 5.74) is 6.58. The molecule has 4 aromatic heterocycles. The van der Waals surface area contributed by atoms with E-state index < -0.39 is 0 Å². The van der Waals surface area contributed by atoms with Crippen LogP contribution in [0.5, 0.6) is 11.5 Å². The lowest BCUT2D eigenvalue weighted by atomic mass is 10.0. The molecule has 0 spiro atoms. The molecule has 2 N–H and O–H groups in total. The number of nitrogens with one attached hydrogen (secondary N) is 2. The minimum Gasteiger partial charge on any atom is -0.497 e. The summed E-state index contributed by atoms with van der Waals surface area (Å²) in [5.74, 6) is 0.815. The SMILES string of the molecule is COc1cc(F)cc(-c2cccc3[nH]c(-c4n[nH]c5cnc(-c6cncc(OCCN(C)C)c6)cc45)cc23)c1. The number of ether oxygens (including phenoxy) is 2. The molecule has 9 heteroatoms. The van der Waals surface area contributed by atoms with Crippen LogP contribution in [-0.4, -0.2) is 64.4 Å². The van der Waals surface area contributed by atoms with Gasteiger partial charge in [0.25, 0.3) is 0 Å². The van der Waals surface area contributed by atoms with Gasteiger partial charge in [0, 0.05) is 40.7 Å². The second-order valence-electron chi connectivity index (χ2n) is 9.58. The number of rotatable bonds is 8. The predicted molar refractivity (Wildman–Crippen MR) is 150 cm³/mol. The zero-order chi connectivity index (χ0) is 26.9. The number of hydrogen-bond donors (Lipinski definition) is 2. The van der Waals surface area contributed by atoms with E-state index >= 15 is 0 Å². The average molecular weight is 523 g/mol. The molecule has 0 unspecified atom stereocenters. The molecule has 4 heterocycles. The number of aromatic nitrogens is 5. The van der Waals surface area contributed by atoms with Gasteiger partial charge >= 0.3 is 0 Å². The minimum absolute atomic E-state index is 0.350. The number of aromatic amines is 2. The van der Waals surface area contributed by atoms with Gasteiger partial charge in [0.05, 0.1) is 36.4 Å². The molecular formula is C30H27FN6O2. The Hall–Kier alpha value is -4.76. The summed E-state index contributed by atoms with van der Waals surface area (Å²) in [6, 6.07) is 16.6. The minimum atomic E-state index is -0.350. The maximum atomic E-state index is 14.3. The van der Waals surface area contributed by atoms with Crippen molar-refractivity contribution < 1.29 is 13.9 Å². The molecule has 196 valence electrons. The first-order valence-electron chi connectivity index (χ1n) is 12.5. The first-order chi connectivity index (χ1) is 19.0. The number of halogens is 1. The Balaban J connectivity index is 1.38. The van der Waals surface area contributed by atoms with Gasteiger partial charge in [-0.15, -0.1) is 0 Å². The van der Waals surface area contributed by atoms with Gasteiger partial charge in [0.2, 0.25) is 0 Å². The number of hydrogen-bond acceptors (Lipinski definition) is 6. The van der Waals surface area contributed by atoms with Gasteiger partial charge < -0.3 is 19.4 Å². The molecule has 0 aliphatic heterocycles. The quantitative estimate of drug-likeness (QED) is 0.258. The first-order valence-corrected chi connectivity index (χ1v) is 12.5. The van der Waals surface area contributed by atoms with Gasteiger partial charge in [0.15, 0.2) is 0 Å². The van der Waals surface area contributed by atoms with Crippen LogP contribution in [0.15, 0.2) is 73.2 Å². The van der Waals surface area contributed by atoms with E-state index in [-0.39, 0.29) is 5.82 Å². The molecule has 0 atom stereocenters. The number of likely N-dealkylation sites (N-methyl/N-ethyl adjacent to an activating group) is 1. The highest BCUT2D eigenvalue weighted by molar-refractivity contribution is 6.01. The Morgan fingerprint density at radius 3 is 2.62 bits per heavy atom. The van der Waals surface area contributed by atoms with E-state index in [4.69, 9.17) is 9.47 Å². The zero-order valence-electron chi connectivity index (χ0n) is 21.8. The number of fused-ring (bicyclic) bond motifs is 2. The molecule has 8 nitrogen and oxygen atoms in total. The molecule has 2 aromatic carbocycles. The highest BCUT2D eigenvalue weighted by Crippen LogP contribution is 2.36. The third kappa shape index (κ3) is 4.92. The van der Waals surface area contributed by atoms with E-state index in [0.29, 0.717) is 18.1 Å². The Bertz CT molecular complexity index is 1790. The molecule has 0 aliphatic rings. The van der Waals surface area contributed by atoms with Crippen LogP contribution in [0.3, 0.4) is 0 Å². The smallest absolute Gasteiger partial charge is 0.138 e. The van der Waals surface area contributed by atoms with Crippen molar-refractivity contribution in [1.82, 2.24) is 30.0 Å². The lowest BCUT2D eigenvalue weighted by Gasteiger charge is -2.11. The monoisotopic (exact) mass is 522 g/mol. The second-order valence-corrected chi connectivity index (χ2v) is 9.58. The maximum Gasteiger partial charge on any atom is 0.138 e. The van der Waals surface area contributed by atoms with Crippen molar-refractivity contribution in [3.8, 4) is 45.3 Å². The van der Waals surface area contributed by atoms with Crippen LogP contribution in [-0.2, 0) is 0 Å². The normalized spacial score (nSPS) is 11.5. The fourth-order valence-corrected chi connectivity index (χ4v) is 4.63. The second kappa shape index (κ2) is 10.2. The lowest BCUT2D eigenvalue weighted by molar-refractivity contribution is 0.261. The summed E-state index contributed by atoms with van der Waals surface area (Å²) < 4.78 is 25.4. The van der Waals surface area contributed by atoms with E-state index in [1.807, 2.05) is 56.6 Å². The van der Waals surface area contributed by atoms with Gasteiger partial charge in [-0.25, -0.2) is 4.39 Å². The summed E-state index contributed by atoms with van der Waals surface area (Å²) in [6.45, 7) is 1.38. The number of H-pyrrole nitrogens is 2. The number of benzene rings is 2. The highest BCUT2D eigenvalue weighted by atomic mass is 19.1. The zero-order valence-corrected chi connectivity index (χ0v) is 21.8. The van der Waals surface area contributed by atoms with Crippen LogP contribution in [0.25, 0.3) is 55.6 Å². The van der Waals surface area contributed by atoms with E-state index in [0.717, 1.165) is 62.1 Å². The van der Waals surface area contributed by atoms with Crippen LogP contribution in [0.1, 0.15) is 0 Å². The fourth-order valence-electron chi connectivity index (χ4n) is 4.63. The summed E-state index contributed by atoms with van der Waals surface area (Å²) >= 11 is 0. The van der Waals surface area contributed by atoms with E-state index in [9.17, 15) is 4.39 Å². The van der Waals surface area contributed by atoms with Gasteiger partial charge in [-0.2, -0.15) is 5.10 Å². The molecule has 0 fully saturated rings. The Labute approximate surface area is 224 Å². The summed E-state index contributed by atoms with van der Waals surface area (Å²) in [7, 11) is 5.54. The van der Waals surface area contributed by atoms with E-state index in [1.54, 1.807) is 18.6 Å². The molecule has 39 heavy (non-hydrogen) atoms. The number of nitrogens with zero attached hydrogens (tertiary/aromatic N) is 4. The van der Waals surface area contributed by atoms with Gasteiger partial charge in [-0.1, -0.05) is 12.1 Å².